The zero-order chi connectivity index (χ0) is 15.4. The number of benzene rings is 1. The Morgan fingerprint density at radius 1 is 1.48 bits per heavy atom. The smallest absolute Gasteiger partial charge is 0.349 e. The van der Waals surface area contributed by atoms with Crippen LogP contribution >= 0.6 is 15.9 Å². The number of hydrogen-bond acceptors (Lipinski definition) is 6. The van der Waals surface area contributed by atoms with Crippen LogP contribution in [-0.2, 0) is 0 Å². The topological polar surface area (TPSA) is 90.2 Å². The Labute approximate surface area is 129 Å². The summed E-state index contributed by atoms with van der Waals surface area (Å²) in [4.78, 5) is 18.4. The molecule has 1 aromatic carbocycles. The summed E-state index contributed by atoms with van der Waals surface area (Å²) < 4.78 is 6.49. The molecule has 0 bridgehead atoms. The van der Waals surface area contributed by atoms with Crippen LogP contribution in [0.1, 0.15) is 12.5 Å². The molecule has 2 rings (SSSR count). The minimum absolute atomic E-state index is 0.0867. The monoisotopic (exact) mass is 352 g/mol. The van der Waals surface area contributed by atoms with Crippen LogP contribution in [0, 0.1) is 17.0 Å². The first-order valence-electron chi connectivity index (χ1n) is 6.20. The zero-order valence-electron chi connectivity index (χ0n) is 11.5. The number of ether oxygens (including phenoxy) is 1. The molecule has 0 unspecified atom stereocenters. The molecule has 0 radical (unpaired) electrons. The summed E-state index contributed by atoms with van der Waals surface area (Å²) in [5, 5.41) is 13.9. The number of hydrogen-bond donors (Lipinski definition) is 1. The fraction of sp³-hybridized carbons (Fsp3) is 0.231. The zero-order valence-corrected chi connectivity index (χ0v) is 13.0. The van der Waals surface area contributed by atoms with Crippen molar-refractivity contribution >= 4 is 27.6 Å². The van der Waals surface area contributed by atoms with Gasteiger partial charge in [-0.3, -0.25) is 10.1 Å². The molecule has 0 saturated carbocycles. The molecule has 1 aromatic heterocycles. The van der Waals surface area contributed by atoms with E-state index in [1.807, 2.05) is 19.9 Å². The molecule has 0 atom stereocenters. The fourth-order valence-electron chi connectivity index (χ4n) is 1.63. The van der Waals surface area contributed by atoms with Gasteiger partial charge < -0.3 is 10.1 Å². The molecule has 110 valence electrons. The summed E-state index contributed by atoms with van der Waals surface area (Å²) >= 11 is 3.35. The summed E-state index contributed by atoms with van der Waals surface area (Å²) in [6.45, 7) is 4.33. The second-order valence-corrected chi connectivity index (χ2v) is 5.10. The SMILES string of the molecule is CCNc1ncc([N+](=O)[O-])c(Oc2ccc(Br)cc2C)n1. The number of nitro groups is 1. The maximum absolute atomic E-state index is 11.0. The highest BCUT2D eigenvalue weighted by Crippen LogP contribution is 2.32. The average Bonchev–Trinajstić information content (AvgIpc) is 2.42. The standard InChI is InChI=1S/C13H13BrN4O3/c1-3-15-13-16-7-10(18(19)20)12(17-13)21-11-5-4-9(14)6-8(11)2/h4-7H,3H2,1-2H3,(H,15,16,17). The van der Waals surface area contributed by atoms with E-state index >= 15 is 0 Å². The van der Waals surface area contributed by atoms with Gasteiger partial charge in [-0.2, -0.15) is 4.98 Å². The Morgan fingerprint density at radius 2 is 2.24 bits per heavy atom. The van der Waals surface area contributed by atoms with E-state index in [0.29, 0.717) is 12.3 Å². The number of rotatable bonds is 5. The van der Waals surface area contributed by atoms with Crippen LogP contribution in [0.25, 0.3) is 0 Å². The molecule has 2 aromatic rings. The van der Waals surface area contributed by atoms with Gasteiger partial charge in [-0.25, -0.2) is 4.98 Å². The van der Waals surface area contributed by atoms with Crippen molar-refractivity contribution in [3.05, 3.63) is 44.5 Å². The lowest BCUT2D eigenvalue weighted by molar-refractivity contribution is -0.386. The lowest BCUT2D eigenvalue weighted by Gasteiger charge is -2.09. The number of halogens is 1. The first-order valence-corrected chi connectivity index (χ1v) is 7.00. The second kappa shape index (κ2) is 6.49. The van der Waals surface area contributed by atoms with Crippen molar-refractivity contribution in [2.75, 3.05) is 11.9 Å². The van der Waals surface area contributed by atoms with Gasteiger partial charge in [-0.05, 0) is 37.6 Å². The van der Waals surface area contributed by atoms with Crippen molar-refractivity contribution in [3.63, 3.8) is 0 Å². The van der Waals surface area contributed by atoms with Crippen molar-refractivity contribution < 1.29 is 9.66 Å². The summed E-state index contributed by atoms with van der Waals surface area (Å²) in [7, 11) is 0. The van der Waals surface area contributed by atoms with E-state index in [1.54, 1.807) is 12.1 Å². The highest BCUT2D eigenvalue weighted by atomic mass is 79.9. The van der Waals surface area contributed by atoms with Gasteiger partial charge in [0.25, 0.3) is 0 Å². The van der Waals surface area contributed by atoms with Crippen molar-refractivity contribution in [1.82, 2.24) is 9.97 Å². The van der Waals surface area contributed by atoms with E-state index in [1.165, 1.54) is 0 Å². The maximum Gasteiger partial charge on any atom is 0.349 e. The predicted octanol–water partition coefficient (Wildman–Crippen LogP) is 3.68. The minimum atomic E-state index is -0.570. The Hall–Kier alpha value is -2.22. The van der Waals surface area contributed by atoms with Crippen LogP contribution in [0.4, 0.5) is 11.6 Å². The Bertz CT molecular complexity index is 678. The molecule has 21 heavy (non-hydrogen) atoms. The molecule has 0 aliphatic carbocycles. The van der Waals surface area contributed by atoms with E-state index in [0.717, 1.165) is 16.2 Å². The molecule has 0 spiro atoms. The second-order valence-electron chi connectivity index (χ2n) is 4.18. The van der Waals surface area contributed by atoms with Gasteiger partial charge in [0.2, 0.25) is 5.95 Å². The molecular formula is C13H13BrN4O3. The molecule has 0 aliphatic heterocycles. The fourth-order valence-corrected chi connectivity index (χ4v) is 2.11. The van der Waals surface area contributed by atoms with E-state index in [2.05, 4.69) is 31.2 Å². The highest BCUT2D eigenvalue weighted by Gasteiger charge is 2.20. The van der Waals surface area contributed by atoms with Gasteiger partial charge in [0.15, 0.2) is 0 Å². The van der Waals surface area contributed by atoms with Gasteiger partial charge in [-0.15, -0.1) is 0 Å². The Kier molecular flexibility index (Phi) is 4.69. The third-order valence-corrected chi connectivity index (χ3v) is 3.10. The summed E-state index contributed by atoms with van der Waals surface area (Å²) in [5.41, 5.74) is 0.557. The van der Waals surface area contributed by atoms with Crippen LogP contribution < -0.4 is 10.1 Å². The first-order chi connectivity index (χ1) is 10.0. The average molecular weight is 353 g/mol. The number of aryl methyl sites for hydroxylation is 1. The number of anilines is 1. The van der Waals surface area contributed by atoms with Crippen molar-refractivity contribution in [2.45, 2.75) is 13.8 Å². The molecule has 0 amide bonds. The van der Waals surface area contributed by atoms with Crippen molar-refractivity contribution in [2.24, 2.45) is 0 Å². The van der Waals surface area contributed by atoms with E-state index < -0.39 is 4.92 Å². The van der Waals surface area contributed by atoms with Gasteiger partial charge in [-0.1, -0.05) is 15.9 Å². The van der Waals surface area contributed by atoms with Crippen LogP contribution in [0.15, 0.2) is 28.9 Å². The quantitative estimate of drug-likeness (QED) is 0.651. The van der Waals surface area contributed by atoms with E-state index in [-0.39, 0.29) is 17.5 Å². The Balaban J connectivity index is 2.40. The van der Waals surface area contributed by atoms with Gasteiger partial charge in [0, 0.05) is 11.0 Å². The third kappa shape index (κ3) is 3.66. The molecule has 7 nitrogen and oxygen atoms in total. The molecule has 1 heterocycles. The summed E-state index contributed by atoms with van der Waals surface area (Å²) in [6.07, 6.45) is 1.13. The van der Waals surface area contributed by atoms with Crippen molar-refractivity contribution in [1.29, 1.82) is 0 Å². The molecular weight excluding hydrogens is 340 g/mol. The van der Waals surface area contributed by atoms with E-state index in [4.69, 9.17) is 4.74 Å². The molecule has 0 fully saturated rings. The first kappa shape index (κ1) is 15.2. The normalized spacial score (nSPS) is 10.2. The molecule has 0 aliphatic rings. The van der Waals surface area contributed by atoms with Crippen molar-refractivity contribution in [3.8, 4) is 11.6 Å². The minimum Gasteiger partial charge on any atom is -0.433 e. The third-order valence-electron chi connectivity index (χ3n) is 2.61. The number of aromatic nitrogens is 2. The van der Waals surface area contributed by atoms with Crippen LogP contribution in [0.5, 0.6) is 11.6 Å². The summed E-state index contributed by atoms with van der Waals surface area (Å²) in [5.74, 6) is 0.701. The lowest BCUT2D eigenvalue weighted by Crippen LogP contribution is -2.05. The van der Waals surface area contributed by atoms with Gasteiger partial charge in [0.1, 0.15) is 11.9 Å². The van der Waals surface area contributed by atoms with Crippen LogP contribution in [-0.4, -0.2) is 21.4 Å². The highest BCUT2D eigenvalue weighted by molar-refractivity contribution is 9.10. The van der Waals surface area contributed by atoms with Crippen LogP contribution in [0.3, 0.4) is 0 Å². The predicted molar refractivity (Wildman–Crippen MR) is 81.8 cm³/mol. The van der Waals surface area contributed by atoms with Gasteiger partial charge in [0.05, 0.1) is 4.92 Å². The summed E-state index contributed by atoms with van der Waals surface area (Å²) in [6, 6.07) is 5.37. The van der Waals surface area contributed by atoms with E-state index in [9.17, 15) is 10.1 Å². The number of nitrogens with zero attached hydrogens (tertiary/aromatic N) is 3. The van der Waals surface area contributed by atoms with Crippen LogP contribution in [0.2, 0.25) is 0 Å². The molecule has 1 N–H and O–H groups in total. The van der Waals surface area contributed by atoms with Gasteiger partial charge >= 0.3 is 11.6 Å². The molecule has 0 saturated heterocycles. The molecule has 8 heteroatoms. The largest absolute Gasteiger partial charge is 0.433 e. The number of nitrogens with one attached hydrogen (secondary N) is 1. The Morgan fingerprint density at radius 3 is 2.86 bits per heavy atom. The maximum atomic E-state index is 11.0. The lowest BCUT2D eigenvalue weighted by atomic mass is 10.2.